The van der Waals surface area contributed by atoms with Crippen LogP contribution < -0.4 is 5.32 Å². The van der Waals surface area contributed by atoms with Crippen molar-refractivity contribution in [3.8, 4) is 0 Å². The number of amides is 1. The molecule has 1 aliphatic rings. The fourth-order valence-electron chi connectivity index (χ4n) is 2.76. The highest BCUT2D eigenvalue weighted by Crippen LogP contribution is 2.28. The molecule has 2 nitrogen and oxygen atoms in total. The van der Waals surface area contributed by atoms with E-state index < -0.39 is 0 Å². The Morgan fingerprint density at radius 3 is 3.00 bits per heavy atom. The summed E-state index contributed by atoms with van der Waals surface area (Å²) in [7, 11) is 0. The number of thiol groups is 1. The molecule has 0 aliphatic heterocycles. The Morgan fingerprint density at radius 1 is 1.47 bits per heavy atom. The molecule has 1 aromatic carbocycles. The van der Waals surface area contributed by atoms with E-state index in [1.165, 1.54) is 25.7 Å². The van der Waals surface area contributed by atoms with Crippen molar-refractivity contribution < 1.29 is 4.79 Å². The van der Waals surface area contributed by atoms with Gasteiger partial charge in [-0.1, -0.05) is 31.4 Å². The quantitative estimate of drug-likeness (QED) is 0.805. The molecule has 1 aliphatic carbocycles. The van der Waals surface area contributed by atoms with Crippen molar-refractivity contribution in [1.29, 1.82) is 0 Å². The van der Waals surface area contributed by atoms with E-state index in [1.807, 2.05) is 0 Å². The standard InChI is InChI=1S/C15H20ClNOS/c1-10-3-2-4-11(7-10)9-17-15(18)13-8-12(19)5-6-14(13)16/h5-6,8,10-11,19H,2-4,7,9H2,1H3,(H,17,18). The molecule has 1 amide bonds. The normalized spacial score (nSPS) is 23.1. The minimum Gasteiger partial charge on any atom is -0.352 e. The summed E-state index contributed by atoms with van der Waals surface area (Å²) in [5.74, 6) is 1.28. The van der Waals surface area contributed by atoms with Gasteiger partial charge in [0.2, 0.25) is 0 Å². The lowest BCUT2D eigenvalue weighted by atomic mass is 9.82. The number of benzene rings is 1. The molecule has 0 spiro atoms. The SMILES string of the molecule is CC1CCCC(CNC(=O)c2cc(S)ccc2Cl)C1. The molecule has 19 heavy (non-hydrogen) atoms. The third-order valence-electron chi connectivity index (χ3n) is 3.79. The van der Waals surface area contributed by atoms with Crippen molar-refractivity contribution in [2.45, 2.75) is 37.5 Å². The van der Waals surface area contributed by atoms with Gasteiger partial charge < -0.3 is 5.32 Å². The number of hydrogen-bond acceptors (Lipinski definition) is 2. The zero-order valence-corrected chi connectivity index (χ0v) is 12.8. The van der Waals surface area contributed by atoms with Crippen LogP contribution in [0.15, 0.2) is 23.1 Å². The van der Waals surface area contributed by atoms with Gasteiger partial charge >= 0.3 is 0 Å². The van der Waals surface area contributed by atoms with E-state index in [9.17, 15) is 4.79 Å². The van der Waals surface area contributed by atoms with E-state index in [4.69, 9.17) is 11.6 Å². The second-order valence-corrected chi connectivity index (χ2v) is 6.44. The summed E-state index contributed by atoms with van der Waals surface area (Å²) in [6.45, 7) is 3.03. The van der Waals surface area contributed by atoms with E-state index in [1.54, 1.807) is 18.2 Å². The highest BCUT2D eigenvalue weighted by molar-refractivity contribution is 7.80. The molecule has 104 valence electrons. The lowest BCUT2D eigenvalue weighted by Gasteiger charge is -2.26. The summed E-state index contributed by atoms with van der Waals surface area (Å²) in [5.41, 5.74) is 0.512. The van der Waals surface area contributed by atoms with E-state index >= 15 is 0 Å². The Hall–Kier alpha value is -0.670. The number of hydrogen-bond donors (Lipinski definition) is 2. The van der Waals surface area contributed by atoms with Crippen molar-refractivity contribution in [2.24, 2.45) is 11.8 Å². The summed E-state index contributed by atoms with van der Waals surface area (Å²) in [5, 5.41) is 3.48. The average Bonchev–Trinajstić information content (AvgIpc) is 2.39. The Labute approximate surface area is 125 Å². The predicted molar refractivity (Wildman–Crippen MR) is 82.2 cm³/mol. The molecular formula is C15H20ClNOS. The fraction of sp³-hybridized carbons (Fsp3) is 0.533. The van der Waals surface area contributed by atoms with Crippen LogP contribution in [0.3, 0.4) is 0 Å². The van der Waals surface area contributed by atoms with Crippen LogP contribution in [0.4, 0.5) is 0 Å². The maximum Gasteiger partial charge on any atom is 0.252 e. The Balaban J connectivity index is 1.92. The topological polar surface area (TPSA) is 29.1 Å². The molecule has 1 N–H and O–H groups in total. The van der Waals surface area contributed by atoms with Crippen LogP contribution in [0.2, 0.25) is 5.02 Å². The molecule has 2 rings (SSSR count). The zero-order chi connectivity index (χ0) is 13.8. The van der Waals surface area contributed by atoms with E-state index in [-0.39, 0.29) is 5.91 Å². The van der Waals surface area contributed by atoms with E-state index in [0.717, 1.165) is 17.4 Å². The molecule has 0 heterocycles. The minimum atomic E-state index is -0.0980. The van der Waals surface area contributed by atoms with Crippen LogP contribution in [0.25, 0.3) is 0 Å². The van der Waals surface area contributed by atoms with Crippen molar-refractivity contribution in [3.63, 3.8) is 0 Å². The minimum absolute atomic E-state index is 0.0980. The number of nitrogens with one attached hydrogen (secondary N) is 1. The molecule has 0 aromatic heterocycles. The highest BCUT2D eigenvalue weighted by atomic mass is 35.5. The van der Waals surface area contributed by atoms with Crippen LogP contribution in [0.5, 0.6) is 0 Å². The molecule has 2 unspecified atom stereocenters. The van der Waals surface area contributed by atoms with Gasteiger partial charge in [-0.2, -0.15) is 0 Å². The lowest BCUT2D eigenvalue weighted by Crippen LogP contribution is -2.31. The molecule has 1 fully saturated rings. The summed E-state index contributed by atoms with van der Waals surface area (Å²) in [4.78, 5) is 12.9. The van der Waals surface area contributed by atoms with Gasteiger partial charge in [0.25, 0.3) is 5.91 Å². The van der Waals surface area contributed by atoms with E-state index in [2.05, 4.69) is 24.9 Å². The smallest absolute Gasteiger partial charge is 0.252 e. The maximum absolute atomic E-state index is 12.1. The molecule has 0 bridgehead atoms. The zero-order valence-electron chi connectivity index (χ0n) is 11.2. The van der Waals surface area contributed by atoms with Gasteiger partial charge in [-0.3, -0.25) is 4.79 Å². The van der Waals surface area contributed by atoms with Crippen molar-refractivity contribution in [3.05, 3.63) is 28.8 Å². The first kappa shape index (κ1) is 14.7. The van der Waals surface area contributed by atoms with Gasteiger partial charge in [-0.25, -0.2) is 0 Å². The molecule has 1 saturated carbocycles. The maximum atomic E-state index is 12.1. The predicted octanol–water partition coefficient (Wildman–Crippen LogP) is 4.18. The molecule has 4 heteroatoms. The largest absolute Gasteiger partial charge is 0.352 e. The molecule has 2 atom stereocenters. The summed E-state index contributed by atoms with van der Waals surface area (Å²) in [6, 6.07) is 5.21. The summed E-state index contributed by atoms with van der Waals surface area (Å²) in [6.07, 6.45) is 5.01. The second-order valence-electron chi connectivity index (χ2n) is 5.51. The Bertz CT molecular complexity index is 463. The highest BCUT2D eigenvalue weighted by Gasteiger charge is 2.20. The number of carbonyl (C=O) groups is 1. The van der Waals surface area contributed by atoms with Gasteiger partial charge in [-0.05, 0) is 42.9 Å². The van der Waals surface area contributed by atoms with Crippen LogP contribution in [-0.4, -0.2) is 12.5 Å². The third-order valence-corrected chi connectivity index (χ3v) is 4.40. The van der Waals surface area contributed by atoms with Crippen molar-refractivity contribution in [2.75, 3.05) is 6.54 Å². The number of rotatable bonds is 3. The number of halogens is 1. The van der Waals surface area contributed by atoms with Gasteiger partial charge in [0.05, 0.1) is 10.6 Å². The molecular weight excluding hydrogens is 278 g/mol. The fourth-order valence-corrected chi connectivity index (χ4v) is 3.17. The van der Waals surface area contributed by atoms with Crippen LogP contribution in [0, 0.1) is 11.8 Å². The Morgan fingerprint density at radius 2 is 2.26 bits per heavy atom. The van der Waals surface area contributed by atoms with Gasteiger partial charge in [0.15, 0.2) is 0 Å². The first-order valence-electron chi connectivity index (χ1n) is 6.83. The van der Waals surface area contributed by atoms with Crippen LogP contribution >= 0.6 is 24.2 Å². The van der Waals surface area contributed by atoms with E-state index in [0.29, 0.717) is 16.5 Å². The summed E-state index contributed by atoms with van der Waals surface area (Å²) < 4.78 is 0. The van der Waals surface area contributed by atoms with Crippen molar-refractivity contribution >= 4 is 30.1 Å². The lowest BCUT2D eigenvalue weighted by molar-refractivity contribution is 0.0940. The van der Waals surface area contributed by atoms with Gasteiger partial charge in [-0.15, -0.1) is 12.6 Å². The molecule has 1 aromatic rings. The van der Waals surface area contributed by atoms with Gasteiger partial charge in [0.1, 0.15) is 0 Å². The van der Waals surface area contributed by atoms with Crippen molar-refractivity contribution in [1.82, 2.24) is 5.32 Å². The van der Waals surface area contributed by atoms with Crippen LogP contribution in [-0.2, 0) is 0 Å². The molecule has 0 saturated heterocycles. The van der Waals surface area contributed by atoms with Gasteiger partial charge in [0, 0.05) is 11.4 Å². The first-order chi connectivity index (χ1) is 9.06. The molecule has 0 radical (unpaired) electrons. The third kappa shape index (κ3) is 4.15. The number of carbonyl (C=O) groups excluding carboxylic acids is 1. The first-order valence-corrected chi connectivity index (χ1v) is 7.65. The monoisotopic (exact) mass is 297 g/mol. The summed E-state index contributed by atoms with van der Waals surface area (Å²) >= 11 is 10.3. The second kappa shape index (κ2) is 6.67. The Kier molecular flexibility index (Phi) is 5.17. The van der Waals surface area contributed by atoms with Crippen LogP contribution in [0.1, 0.15) is 43.0 Å². The average molecular weight is 298 g/mol.